The van der Waals surface area contributed by atoms with Gasteiger partial charge in [0.05, 0.1) is 17.6 Å². The Bertz CT molecular complexity index is 555. The standard InChI is InChI=1S/C13H14ClN3O/c14-12-13(18-8-9-5-6-15-7-9)17-11-4-2-1-3-10(11)16-12/h1-4,9,15H,5-8H2. The number of nitrogens with zero attached hydrogens (tertiary/aromatic N) is 2. The molecule has 18 heavy (non-hydrogen) atoms. The maximum absolute atomic E-state index is 6.07. The van der Waals surface area contributed by atoms with Crippen molar-refractivity contribution in [3.05, 3.63) is 29.4 Å². The van der Waals surface area contributed by atoms with E-state index < -0.39 is 0 Å². The lowest BCUT2D eigenvalue weighted by molar-refractivity contribution is 0.251. The van der Waals surface area contributed by atoms with E-state index in [1.807, 2.05) is 24.3 Å². The van der Waals surface area contributed by atoms with Crippen LogP contribution in [0.5, 0.6) is 5.88 Å². The number of hydrogen-bond donors (Lipinski definition) is 1. The summed E-state index contributed by atoms with van der Waals surface area (Å²) in [5, 5.41) is 3.64. The summed E-state index contributed by atoms with van der Waals surface area (Å²) in [6, 6.07) is 7.63. The normalized spacial score (nSPS) is 19.3. The zero-order valence-corrected chi connectivity index (χ0v) is 10.7. The van der Waals surface area contributed by atoms with Crippen LogP contribution in [-0.2, 0) is 0 Å². The number of benzene rings is 1. The molecule has 0 saturated carbocycles. The molecule has 0 bridgehead atoms. The molecule has 0 aliphatic carbocycles. The third-order valence-corrected chi connectivity index (χ3v) is 3.36. The van der Waals surface area contributed by atoms with Gasteiger partial charge in [-0.1, -0.05) is 23.7 Å². The van der Waals surface area contributed by atoms with Crippen LogP contribution in [0.15, 0.2) is 24.3 Å². The quantitative estimate of drug-likeness (QED) is 0.923. The van der Waals surface area contributed by atoms with Crippen molar-refractivity contribution in [2.24, 2.45) is 5.92 Å². The van der Waals surface area contributed by atoms with E-state index in [1.165, 1.54) is 0 Å². The molecular weight excluding hydrogens is 250 g/mol. The Balaban J connectivity index is 1.80. The van der Waals surface area contributed by atoms with Crippen molar-refractivity contribution in [3.8, 4) is 5.88 Å². The SMILES string of the molecule is Clc1nc2ccccc2nc1OCC1CCNC1. The molecule has 3 rings (SSSR count). The maximum atomic E-state index is 6.07. The number of fused-ring (bicyclic) bond motifs is 1. The minimum atomic E-state index is 0.333. The molecule has 0 radical (unpaired) electrons. The Morgan fingerprint density at radius 2 is 2.06 bits per heavy atom. The van der Waals surface area contributed by atoms with Crippen LogP contribution < -0.4 is 10.1 Å². The minimum Gasteiger partial charge on any atom is -0.475 e. The fourth-order valence-electron chi connectivity index (χ4n) is 2.11. The summed E-state index contributed by atoms with van der Waals surface area (Å²) in [5.41, 5.74) is 1.60. The van der Waals surface area contributed by atoms with Crippen LogP contribution >= 0.6 is 11.6 Å². The molecule has 4 nitrogen and oxygen atoms in total. The number of para-hydroxylation sites is 2. The van der Waals surface area contributed by atoms with Gasteiger partial charge < -0.3 is 10.1 Å². The number of hydrogen-bond acceptors (Lipinski definition) is 4. The molecule has 5 heteroatoms. The second kappa shape index (κ2) is 5.08. The molecule has 2 heterocycles. The summed E-state index contributed by atoms with van der Waals surface area (Å²) in [5.74, 6) is 0.969. The largest absolute Gasteiger partial charge is 0.475 e. The van der Waals surface area contributed by atoms with Gasteiger partial charge in [0.15, 0.2) is 5.15 Å². The fourth-order valence-corrected chi connectivity index (χ4v) is 2.30. The van der Waals surface area contributed by atoms with Crippen molar-refractivity contribution in [2.45, 2.75) is 6.42 Å². The van der Waals surface area contributed by atoms with Crippen LogP contribution in [0.25, 0.3) is 11.0 Å². The summed E-state index contributed by atoms with van der Waals surface area (Å²) in [4.78, 5) is 8.68. The molecule has 1 unspecified atom stereocenters. The lowest BCUT2D eigenvalue weighted by atomic mass is 10.1. The summed E-state index contributed by atoms with van der Waals surface area (Å²) in [7, 11) is 0. The molecule has 2 aromatic rings. The lowest BCUT2D eigenvalue weighted by Crippen LogP contribution is -2.16. The molecule has 1 aliphatic heterocycles. The number of halogens is 1. The third kappa shape index (κ3) is 2.40. The Labute approximate surface area is 110 Å². The number of nitrogens with one attached hydrogen (secondary N) is 1. The first kappa shape index (κ1) is 11.7. The van der Waals surface area contributed by atoms with Crippen molar-refractivity contribution in [1.82, 2.24) is 15.3 Å². The maximum Gasteiger partial charge on any atom is 0.252 e. The first-order valence-corrected chi connectivity index (χ1v) is 6.46. The van der Waals surface area contributed by atoms with Crippen molar-refractivity contribution < 1.29 is 4.74 Å². The summed E-state index contributed by atoms with van der Waals surface area (Å²) < 4.78 is 5.68. The number of aromatic nitrogens is 2. The second-order valence-corrected chi connectivity index (χ2v) is 4.84. The van der Waals surface area contributed by atoms with E-state index in [1.54, 1.807) is 0 Å². The molecule has 0 amide bonds. The summed E-state index contributed by atoms with van der Waals surface area (Å²) >= 11 is 6.07. The van der Waals surface area contributed by atoms with Crippen LogP contribution in [0.1, 0.15) is 6.42 Å². The fraction of sp³-hybridized carbons (Fsp3) is 0.385. The van der Waals surface area contributed by atoms with Crippen LogP contribution in [0.3, 0.4) is 0 Å². The van der Waals surface area contributed by atoms with E-state index >= 15 is 0 Å². The van der Waals surface area contributed by atoms with Gasteiger partial charge in [-0.3, -0.25) is 0 Å². The zero-order valence-electron chi connectivity index (χ0n) is 9.90. The highest BCUT2D eigenvalue weighted by Crippen LogP contribution is 2.23. The van der Waals surface area contributed by atoms with Crippen molar-refractivity contribution in [3.63, 3.8) is 0 Å². The van der Waals surface area contributed by atoms with E-state index in [0.29, 0.717) is 23.6 Å². The highest BCUT2D eigenvalue weighted by molar-refractivity contribution is 6.31. The Kier molecular flexibility index (Phi) is 3.30. The van der Waals surface area contributed by atoms with Gasteiger partial charge in [0.2, 0.25) is 0 Å². The Morgan fingerprint density at radius 1 is 1.28 bits per heavy atom. The molecule has 1 fully saturated rings. The molecule has 1 saturated heterocycles. The van der Waals surface area contributed by atoms with Crippen molar-refractivity contribution >= 4 is 22.6 Å². The van der Waals surface area contributed by atoms with Crippen molar-refractivity contribution in [1.29, 1.82) is 0 Å². The molecule has 1 aliphatic rings. The molecular formula is C13H14ClN3O. The molecule has 94 valence electrons. The molecule has 1 atom stereocenters. The second-order valence-electron chi connectivity index (χ2n) is 4.48. The van der Waals surface area contributed by atoms with Crippen LogP contribution in [0.4, 0.5) is 0 Å². The predicted molar refractivity (Wildman–Crippen MR) is 71.0 cm³/mol. The van der Waals surface area contributed by atoms with Gasteiger partial charge in [0.25, 0.3) is 5.88 Å². The van der Waals surface area contributed by atoms with Crippen molar-refractivity contribution in [2.75, 3.05) is 19.7 Å². The highest BCUT2D eigenvalue weighted by Gasteiger charge is 2.16. The van der Waals surface area contributed by atoms with Gasteiger partial charge in [-0.15, -0.1) is 0 Å². The Hall–Kier alpha value is -1.39. The Morgan fingerprint density at radius 3 is 2.78 bits per heavy atom. The summed E-state index contributed by atoms with van der Waals surface area (Å²) in [6.45, 7) is 2.70. The van der Waals surface area contributed by atoms with Gasteiger partial charge in [0.1, 0.15) is 0 Å². The van der Waals surface area contributed by atoms with Crippen LogP contribution in [-0.4, -0.2) is 29.7 Å². The minimum absolute atomic E-state index is 0.333. The molecule has 1 aromatic heterocycles. The smallest absolute Gasteiger partial charge is 0.252 e. The van der Waals surface area contributed by atoms with E-state index in [0.717, 1.165) is 30.5 Å². The molecule has 0 spiro atoms. The predicted octanol–water partition coefficient (Wildman–Crippen LogP) is 2.27. The van der Waals surface area contributed by atoms with E-state index in [9.17, 15) is 0 Å². The number of rotatable bonds is 3. The van der Waals surface area contributed by atoms with Gasteiger partial charge in [0, 0.05) is 12.5 Å². The molecule has 1 N–H and O–H groups in total. The highest BCUT2D eigenvalue weighted by atomic mass is 35.5. The monoisotopic (exact) mass is 263 g/mol. The number of ether oxygens (including phenoxy) is 1. The topological polar surface area (TPSA) is 47.0 Å². The first-order chi connectivity index (χ1) is 8.83. The first-order valence-electron chi connectivity index (χ1n) is 6.09. The van der Waals surface area contributed by atoms with Gasteiger partial charge >= 0.3 is 0 Å². The third-order valence-electron chi connectivity index (χ3n) is 3.12. The zero-order chi connectivity index (χ0) is 12.4. The van der Waals surface area contributed by atoms with Crippen LogP contribution in [0.2, 0.25) is 5.15 Å². The lowest BCUT2D eigenvalue weighted by Gasteiger charge is -2.11. The van der Waals surface area contributed by atoms with E-state index in [-0.39, 0.29) is 0 Å². The van der Waals surface area contributed by atoms with Gasteiger partial charge in [-0.25, -0.2) is 9.97 Å². The van der Waals surface area contributed by atoms with Gasteiger partial charge in [-0.05, 0) is 25.1 Å². The van der Waals surface area contributed by atoms with E-state index in [4.69, 9.17) is 16.3 Å². The molecule has 1 aromatic carbocycles. The van der Waals surface area contributed by atoms with Gasteiger partial charge in [-0.2, -0.15) is 0 Å². The summed E-state index contributed by atoms with van der Waals surface area (Å²) in [6.07, 6.45) is 1.14. The average molecular weight is 264 g/mol. The van der Waals surface area contributed by atoms with E-state index in [2.05, 4.69) is 15.3 Å². The van der Waals surface area contributed by atoms with Crippen LogP contribution in [0, 0.1) is 5.92 Å². The average Bonchev–Trinajstić information content (AvgIpc) is 2.89.